The number of hydrogen-bond acceptors (Lipinski definition) is 6. The predicted molar refractivity (Wildman–Crippen MR) is 350 cm³/mol. The average Bonchev–Trinajstić information content (AvgIpc) is 1.56. The number of nitrogens with zero attached hydrogens (tertiary/aromatic N) is 8. The minimum atomic E-state index is -0.338. The quantitative estimate of drug-likeness (QED) is 0.151. The minimum Gasteiger partial charge on any atom is -0.309 e. The largest absolute Gasteiger partial charge is 0.309 e. The van der Waals surface area contributed by atoms with Crippen LogP contribution in [0.25, 0.3) is 146 Å². The first kappa shape index (κ1) is 49.6. The average molecular weight is 1100 g/mol. The smallest absolute Gasteiger partial charge is 0.238 e. The summed E-state index contributed by atoms with van der Waals surface area (Å²) in [5, 5.41) is 4.69. The van der Waals surface area contributed by atoms with Crippen LogP contribution in [0.1, 0.15) is 49.9 Å². The molecule has 0 amide bonds. The van der Waals surface area contributed by atoms with Crippen molar-refractivity contribution in [1.82, 2.24) is 39.0 Å². The van der Waals surface area contributed by atoms with Crippen LogP contribution in [-0.4, -0.2) is 39.0 Å². The summed E-state index contributed by atoms with van der Waals surface area (Å²) in [4.78, 5) is 31.7. The second-order valence-electron chi connectivity index (χ2n) is 23.8. The summed E-state index contributed by atoms with van der Waals surface area (Å²) in [5.41, 5.74) is 21.9. The third kappa shape index (κ3) is 7.42. The topological polar surface area (TPSA) is 87.2 Å². The Balaban J connectivity index is 0.827. The summed E-state index contributed by atoms with van der Waals surface area (Å²) in [6.07, 6.45) is 0. The predicted octanol–water partition coefficient (Wildman–Crippen LogP) is 18.9. The molecule has 11 aromatic carbocycles. The van der Waals surface area contributed by atoms with Gasteiger partial charge in [-0.3, -0.25) is 4.57 Å². The van der Waals surface area contributed by atoms with Gasteiger partial charge in [-0.25, -0.2) is 19.9 Å². The molecule has 17 rings (SSSR count). The van der Waals surface area contributed by atoms with E-state index < -0.39 is 0 Å². The van der Waals surface area contributed by atoms with Gasteiger partial charge in [0.1, 0.15) is 0 Å². The third-order valence-electron chi connectivity index (χ3n) is 18.2. The molecule has 86 heavy (non-hydrogen) atoms. The van der Waals surface area contributed by atoms with Crippen LogP contribution in [0.2, 0.25) is 0 Å². The van der Waals surface area contributed by atoms with Gasteiger partial charge in [-0.1, -0.05) is 258 Å². The highest BCUT2D eigenvalue weighted by molar-refractivity contribution is 6.18. The van der Waals surface area contributed by atoms with Crippen LogP contribution < -0.4 is 0 Å². The highest BCUT2D eigenvalue weighted by atomic mass is 15.2. The lowest BCUT2D eigenvalue weighted by Crippen LogP contribution is -2.17. The molecule has 0 saturated carbocycles. The summed E-state index contributed by atoms with van der Waals surface area (Å²) < 4.78 is 4.76. The highest BCUT2D eigenvalue weighted by Gasteiger charge is 2.40. The molecule has 2 aliphatic carbocycles. The highest BCUT2D eigenvalue weighted by Crippen LogP contribution is 2.55. The normalized spacial score (nSPS) is 13.5. The van der Waals surface area contributed by atoms with Gasteiger partial charge in [0.2, 0.25) is 5.95 Å². The number of aromatic nitrogens is 8. The first-order valence-electron chi connectivity index (χ1n) is 29.4. The summed E-state index contributed by atoms with van der Waals surface area (Å²) in [6, 6.07) is 90.4. The number of hydrogen-bond donors (Lipinski definition) is 0. The molecule has 15 aromatic rings. The minimum absolute atomic E-state index is 0.219. The summed E-state index contributed by atoms with van der Waals surface area (Å²) in [6.45, 7) is 9.43. The molecule has 0 saturated heterocycles. The Labute approximate surface area is 497 Å². The van der Waals surface area contributed by atoms with Gasteiger partial charge in [0.25, 0.3) is 0 Å². The molecule has 4 aromatic heterocycles. The molecule has 0 fully saturated rings. The summed E-state index contributed by atoms with van der Waals surface area (Å²) >= 11 is 0. The van der Waals surface area contributed by atoms with Gasteiger partial charge in [-0.05, 0) is 79.9 Å². The Kier molecular flexibility index (Phi) is 10.8. The van der Waals surface area contributed by atoms with E-state index in [4.69, 9.17) is 29.9 Å². The molecule has 8 heteroatoms. The standard InChI is InChI=1S/C78H54N8/c1-77(2)62-34-17-14-30-55(62)58-42-44-60-57-32-16-19-36-64(57)85(69(60)67(58)77)53-29-20-28-52(46-53)75-80-71(48-22-8-5-9-23-48)79-72(81-75)51-40-38-47(39-41-51)54-33-21-37-65-66(54)61-45-43-59-56-31-15-18-35-63(56)78(3,4)68(59)70(61)86(65)76-83-73(49-24-10-6-11-25-49)82-74(84-76)50-26-12-7-13-27-50/h5-46H,1-4H3. The Morgan fingerprint density at radius 1 is 0.279 bits per heavy atom. The maximum atomic E-state index is 5.39. The first-order valence-corrected chi connectivity index (χ1v) is 29.4. The van der Waals surface area contributed by atoms with E-state index in [0.29, 0.717) is 35.1 Å². The zero-order chi connectivity index (χ0) is 57.4. The van der Waals surface area contributed by atoms with Crippen LogP contribution in [0, 0.1) is 0 Å². The molecule has 0 spiro atoms. The zero-order valence-electron chi connectivity index (χ0n) is 47.8. The molecule has 0 radical (unpaired) electrons. The Bertz CT molecular complexity index is 5210. The molecular weight excluding hydrogens is 1050 g/mol. The lowest BCUT2D eigenvalue weighted by Gasteiger charge is -2.23. The van der Waals surface area contributed by atoms with Crippen LogP contribution in [0.3, 0.4) is 0 Å². The van der Waals surface area contributed by atoms with Crippen molar-refractivity contribution >= 4 is 43.6 Å². The van der Waals surface area contributed by atoms with E-state index in [0.717, 1.165) is 72.0 Å². The first-order chi connectivity index (χ1) is 42.2. The van der Waals surface area contributed by atoms with Crippen molar-refractivity contribution in [2.75, 3.05) is 0 Å². The van der Waals surface area contributed by atoms with E-state index in [9.17, 15) is 0 Å². The van der Waals surface area contributed by atoms with Gasteiger partial charge in [0.05, 0.1) is 22.1 Å². The molecular formula is C78H54N8. The maximum absolute atomic E-state index is 5.39. The van der Waals surface area contributed by atoms with E-state index in [1.54, 1.807) is 0 Å². The lowest BCUT2D eigenvalue weighted by molar-refractivity contribution is 0.663. The van der Waals surface area contributed by atoms with E-state index in [1.807, 2.05) is 54.6 Å². The fourth-order valence-corrected chi connectivity index (χ4v) is 14.3. The van der Waals surface area contributed by atoms with Gasteiger partial charge in [0.15, 0.2) is 29.1 Å². The van der Waals surface area contributed by atoms with Crippen molar-refractivity contribution in [3.63, 3.8) is 0 Å². The van der Waals surface area contributed by atoms with Gasteiger partial charge in [-0.2, -0.15) is 9.97 Å². The molecule has 0 unspecified atom stereocenters. The van der Waals surface area contributed by atoms with Crippen molar-refractivity contribution in [3.8, 4) is 102 Å². The number of benzene rings is 11. The fourth-order valence-electron chi connectivity index (χ4n) is 14.3. The van der Waals surface area contributed by atoms with Crippen LogP contribution in [-0.2, 0) is 10.8 Å². The SMILES string of the molecule is CC1(C)c2ccccc2-c2ccc3c4ccccc4n(-c4cccc(-c5nc(-c6ccccc6)nc(-c6ccc(-c7cccc8c7c7ccc9c(c7n8-c7nc(-c8ccccc8)nc(-c8ccccc8)n7)C(C)(C)c7ccccc7-9)cc6)n5)c4)c3c21. The molecule has 2 aliphatic rings. The van der Waals surface area contributed by atoms with Gasteiger partial charge in [0, 0.05) is 65.9 Å². The van der Waals surface area contributed by atoms with E-state index in [-0.39, 0.29) is 10.8 Å². The molecule has 0 aliphatic heterocycles. The van der Waals surface area contributed by atoms with Crippen LogP contribution >= 0.6 is 0 Å². The Morgan fingerprint density at radius 2 is 0.698 bits per heavy atom. The van der Waals surface area contributed by atoms with Crippen molar-refractivity contribution in [2.24, 2.45) is 0 Å². The lowest BCUT2D eigenvalue weighted by atomic mass is 9.81. The molecule has 0 atom stereocenters. The monoisotopic (exact) mass is 1100 g/mol. The second-order valence-corrected chi connectivity index (χ2v) is 23.8. The molecule has 0 N–H and O–H groups in total. The Morgan fingerprint density at radius 3 is 1.28 bits per heavy atom. The zero-order valence-corrected chi connectivity index (χ0v) is 47.8. The van der Waals surface area contributed by atoms with Crippen LogP contribution in [0.4, 0.5) is 0 Å². The van der Waals surface area contributed by atoms with E-state index in [1.165, 1.54) is 60.8 Å². The molecule has 406 valence electrons. The number of para-hydroxylation sites is 1. The third-order valence-corrected chi connectivity index (χ3v) is 18.2. The maximum Gasteiger partial charge on any atom is 0.238 e. The fraction of sp³-hybridized carbons (Fsp3) is 0.0769. The van der Waals surface area contributed by atoms with Crippen LogP contribution in [0.15, 0.2) is 255 Å². The van der Waals surface area contributed by atoms with Crippen molar-refractivity contribution in [1.29, 1.82) is 0 Å². The summed E-state index contributed by atoms with van der Waals surface area (Å²) in [5.74, 6) is 3.57. The van der Waals surface area contributed by atoms with Gasteiger partial charge in [-0.15, -0.1) is 0 Å². The van der Waals surface area contributed by atoms with Gasteiger partial charge >= 0.3 is 0 Å². The van der Waals surface area contributed by atoms with E-state index in [2.05, 4.69) is 237 Å². The Hall–Kier alpha value is -11.0. The number of rotatable bonds is 8. The van der Waals surface area contributed by atoms with Crippen molar-refractivity contribution in [2.45, 2.75) is 38.5 Å². The molecule has 0 bridgehead atoms. The van der Waals surface area contributed by atoms with Crippen molar-refractivity contribution in [3.05, 3.63) is 277 Å². The van der Waals surface area contributed by atoms with Gasteiger partial charge < -0.3 is 4.57 Å². The summed E-state index contributed by atoms with van der Waals surface area (Å²) in [7, 11) is 0. The second kappa shape index (κ2) is 18.8. The van der Waals surface area contributed by atoms with E-state index >= 15 is 0 Å². The number of fused-ring (bicyclic) bond motifs is 14. The van der Waals surface area contributed by atoms with Crippen molar-refractivity contribution < 1.29 is 0 Å². The molecule has 4 heterocycles. The molecule has 8 nitrogen and oxygen atoms in total. The van der Waals surface area contributed by atoms with Crippen LogP contribution in [0.5, 0.6) is 0 Å².